The minimum atomic E-state index is -4.45. The number of carbonyl (C=O) groups excluding carboxylic acids is 1. The average Bonchev–Trinajstić information content (AvgIpc) is 2.42. The third kappa shape index (κ3) is 5.62. The Balaban J connectivity index is 2.81. The molecule has 0 radical (unpaired) electrons. The molecule has 0 saturated heterocycles. The molecule has 2 nitrogen and oxygen atoms in total. The van der Waals surface area contributed by atoms with Crippen LogP contribution < -0.4 is 0 Å². The molecule has 7 heteroatoms. The lowest BCUT2D eigenvalue weighted by Crippen LogP contribution is -2.28. The molecule has 0 bridgehead atoms. The number of unbranched alkanes of at least 4 members (excludes halogenated alkanes) is 2. The minimum absolute atomic E-state index is 0.0350. The Morgan fingerprint density at radius 1 is 1.24 bits per heavy atom. The molecule has 0 atom stereocenters. The normalized spacial score (nSPS) is 11.5. The molecule has 1 rings (SSSR count). The topological polar surface area (TPSA) is 20.3 Å². The molecular formula is C14H16Br2F3NO. The van der Waals surface area contributed by atoms with Gasteiger partial charge in [-0.2, -0.15) is 13.2 Å². The Hall–Kier alpha value is -0.560. The van der Waals surface area contributed by atoms with Crippen molar-refractivity contribution >= 4 is 37.8 Å². The molecule has 0 unspecified atom stereocenters. The summed E-state index contributed by atoms with van der Waals surface area (Å²) < 4.78 is 38.5. The highest BCUT2D eigenvalue weighted by molar-refractivity contribution is 9.10. The zero-order valence-corrected chi connectivity index (χ0v) is 14.7. The van der Waals surface area contributed by atoms with Crippen LogP contribution in [-0.4, -0.2) is 29.7 Å². The van der Waals surface area contributed by atoms with Gasteiger partial charge in [0.25, 0.3) is 5.91 Å². The van der Waals surface area contributed by atoms with Gasteiger partial charge < -0.3 is 4.90 Å². The fraction of sp³-hybridized carbons (Fsp3) is 0.500. The van der Waals surface area contributed by atoms with E-state index < -0.39 is 17.6 Å². The van der Waals surface area contributed by atoms with Crippen LogP contribution in [0.4, 0.5) is 13.2 Å². The summed E-state index contributed by atoms with van der Waals surface area (Å²) in [6, 6.07) is 3.10. The monoisotopic (exact) mass is 429 g/mol. The largest absolute Gasteiger partial charge is 0.416 e. The van der Waals surface area contributed by atoms with E-state index in [0.29, 0.717) is 11.0 Å². The van der Waals surface area contributed by atoms with E-state index in [1.165, 1.54) is 11.0 Å². The molecule has 0 spiro atoms. The summed E-state index contributed by atoms with van der Waals surface area (Å²) >= 11 is 6.46. The van der Waals surface area contributed by atoms with Crippen molar-refractivity contribution in [3.8, 4) is 0 Å². The molecule has 0 aliphatic rings. The quantitative estimate of drug-likeness (QED) is 0.453. The fourth-order valence-corrected chi connectivity index (χ4v) is 2.61. The fourth-order valence-electron chi connectivity index (χ4n) is 1.79. The van der Waals surface area contributed by atoms with E-state index in [1.54, 1.807) is 7.05 Å². The van der Waals surface area contributed by atoms with E-state index in [-0.39, 0.29) is 5.56 Å². The smallest absolute Gasteiger partial charge is 0.342 e. The Bertz CT molecular complexity index is 492. The third-order valence-electron chi connectivity index (χ3n) is 3.00. The SMILES string of the molecule is CN(CCCCCBr)C(=O)c1cc(C(F)(F)F)ccc1Br. The van der Waals surface area contributed by atoms with E-state index in [2.05, 4.69) is 31.9 Å². The highest BCUT2D eigenvalue weighted by Gasteiger charge is 2.31. The first-order valence-corrected chi connectivity index (χ1v) is 8.37. The van der Waals surface area contributed by atoms with Gasteiger partial charge in [-0.1, -0.05) is 22.4 Å². The number of carbonyl (C=O) groups is 1. The summed E-state index contributed by atoms with van der Waals surface area (Å²) in [6.45, 7) is 0.522. The lowest BCUT2D eigenvalue weighted by atomic mass is 10.1. The molecular weight excluding hydrogens is 415 g/mol. The van der Waals surface area contributed by atoms with Crippen LogP contribution >= 0.6 is 31.9 Å². The number of hydrogen-bond donors (Lipinski definition) is 0. The van der Waals surface area contributed by atoms with E-state index in [9.17, 15) is 18.0 Å². The van der Waals surface area contributed by atoms with Gasteiger partial charge in [-0.05, 0) is 47.0 Å². The first-order valence-electron chi connectivity index (χ1n) is 6.45. The maximum atomic E-state index is 12.7. The van der Waals surface area contributed by atoms with Crippen LogP contribution in [0.1, 0.15) is 35.2 Å². The molecule has 118 valence electrons. The van der Waals surface area contributed by atoms with Gasteiger partial charge in [0, 0.05) is 23.4 Å². The van der Waals surface area contributed by atoms with Crippen molar-refractivity contribution in [3.63, 3.8) is 0 Å². The highest BCUT2D eigenvalue weighted by Crippen LogP contribution is 2.32. The lowest BCUT2D eigenvalue weighted by molar-refractivity contribution is -0.137. The number of alkyl halides is 4. The molecule has 0 aliphatic carbocycles. The van der Waals surface area contributed by atoms with Gasteiger partial charge in [-0.3, -0.25) is 4.79 Å². The molecule has 0 fully saturated rings. The van der Waals surface area contributed by atoms with Crippen LogP contribution in [0.5, 0.6) is 0 Å². The van der Waals surface area contributed by atoms with Crippen molar-refractivity contribution < 1.29 is 18.0 Å². The summed E-state index contributed by atoms with van der Waals surface area (Å²) in [5.41, 5.74) is -0.783. The summed E-state index contributed by atoms with van der Waals surface area (Å²) in [6.07, 6.45) is -1.66. The zero-order valence-electron chi connectivity index (χ0n) is 11.5. The van der Waals surface area contributed by atoms with Crippen molar-refractivity contribution in [1.29, 1.82) is 0 Å². The molecule has 0 aromatic heterocycles. The van der Waals surface area contributed by atoms with Gasteiger partial charge in [-0.15, -0.1) is 0 Å². The first kappa shape index (κ1) is 18.5. The van der Waals surface area contributed by atoms with E-state index in [1.807, 2.05) is 0 Å². The van der Waals surface area contributed by atoms with E-state index >= 15 is 0 Å². The summed E-state index contributed by atoms with van der Waals surface area (Å²) in [5.74, 6) is -0.410. The number of benzene rings is 1. The Labute approximate surface area is 139 Å². The molecule has 1 aromatic rings. The van der Waals surface area contributed by atoms with Crippen LogP contribution in [0.15, 0.2) is 22.7 Å². The van der Waals surface area contributed by atoms with Crippen molar-refractivity contribution in [2.45, 2.75) is 25.4 Å². The molecule has 0 N–H and O–H groups in total. The zero-order chi connectivity index (χ0) is 16.0. The van der Waals surface area contributed by atoms with Crippen LogP contribution in [0.3, 0.4) is 0 Å². The van der Waals surface area contributed by atoms with Gasteiger partial charge in [0.05, 0.1) is 11.1 Å². The third-order valence-corrected chi connectivity index (χ3v) is 4.25. The van der Waals surface area contributed by atoms with Gasteiger partial charge in [0.1, 0.15) is 0 Å². The van der Waals surface area contributed by atoms with Crippen molar-refractivity contribution in [2.75, 3.05) is 18.9 Å². The van der Waals surface area contributed by atoms with E-state index in [0.717, 1.165) is 36.7 Å². The Morgan fingerprint density at radius 2 is 1.90 bits per heavy atom. The number of hydrogen-bond acceptors (Lipinski definition) is 1. The van der Waals surface area contributed by atoms with Gasteiger partial charge in [0.2, 0.25) is 0 Å². The standard InChI is InChI=1S/C14H16Br2F3NO/c1-20(8-4-2-3-7-15)13(21)11-9-10(14(17,18)19)5-6-12(11)16/h5-6,9H,2-4,7-8H2,1H3. The summed E-state index contributed by atoms with van der Waals surface area (Å²) in [7, 11) is 1.60. The highest BCUT2D eigenvalue weighted by atomic mass is 79.9. The first-order chi connectivity index (χ1) is 9.77. The summed E-state index contributed by atoms with van der Waals surface area (Å²) in [4.78, 5) is 13.7. The Morgan fingerprint density at radius 3 is 2.48 bits per heavy atom. The number of amides is 1. The molecule has 21 heavy (non-hydrogen) atoms. The predicted molar refractivity (Wildman–Crippen MR) is 83.7 cm³/mol. The molecule has 1 aromatic carbocycles. The molecule has 1 amide bonds. The van der Waals surface area contributed by atoms with Crippen molar-refractivity contribution in [2.24, 2.45) is 0 Å². The van der Waals surface area contributed by atoms with Gasteiger partial charge in [0.15, 0.2) is 0 Å². The average molecular weight is 431 g/mol. The number of halogens is 5. The van der Waals surface area contributed by atoms with Crippen molar-refractivity contribution in [3.05, 3.63) is 33.8 Å². The van der Waals surface area contributed by atoms with Crippen LogP contribution in [0, 0.1) is 0 Å². The number of rotatable bonds is 6. The maximum Gasteiger partial charge on any atom is 0.416 e. The van der Waals surface area contributed by atoms with Crippen LogP contribution in [-0.2, 0) is 6.18 Å². The second kappa shape index (κ2) is 8.17. The van der Waals surface area contributed by atoms with E-state index in [4.69, 9.17) is 0 Å². The van der Waals surface area contributed by atoms with Crippen LogP contribution in [0.25, 0.3) is 0 Å². The second-order valence-electron chi connectivity index (χ2n) is 4.67. The molecule has 0 heterocycles. The number of nitrogens with zero attached hydrogens (tertiary/aromatic N) is 1. The predicted octanol–water partition coefficient (Wildman–Crippen LogP) is 5.11. The molecule has 0 saturated carbocycles. The maximum absolute atomic E-state index is 12.7. The van der Waals surface area contributed by atoms with Crippen molar-refractivity contribution in [1.82, 2.24) is 4.90 Å². The minimum Gasteiger partial charge on any atom is -0.342 e. The summed E-state index contributed by atoms with van der Waals surface area (Å²) in [5, 5.41) is 0.907. The van der Waals surface area contributed by atoms with Gasteiger partial charge in [-0.25, -0.2) is 0 Å². The second-order valence-corrected chi connectivity index (χ2v) is 6.32. The lowest BCUT2D eigenvalue weighted by Gasteiger charge is -2.19. The molecule has 0 aliphatic heterocycles. The van der Waals surface area contributed by atoms with Gasteiger partial charge >= 0.3 is 6.18 Å². The Kier molecular flexibility index (Phi) is 7.20. The van der Waals surface area contributed by atoms with Crippen LogP contribution in [0.2, 0.25) is 0 Å².